The number of thioether (sulfide) groups is 1. The first-order chi connectivity index (χ1) is 8.75. The summed E-state index contributed by atoms with van der Waals surface area (Å²) in [5, 5.41) is 0. The number of nitrogens with zero attached hydrogens (tertiary/aromatic N) is 1. The largest absolute Gasteiger partial charge is 0.496 e. The van der Waals surface area contributed by atoms with E-state index in [4.69, 9.17) is 17.0 Å². The van der Waals surface area contributed by atoms with Crippen LogP contribution in [0.2, 0.25) is 0 Å². The Morgan fingerprint density at radius 2 is 2.22 bits per heavy atom. The second-order valence-electron chi connectivity index (χ2n) is 4.10. The Hall–Kier alpha value is -0.780. The molecule has 2 nitrogen and oxygen atoms in total. The molecule has 0 atom stereocenters. The molecule has 3 rings (SSSR count). The lowest BCUT2D eigenvalue weighted by Crippen LogP contribution is -2.09. The molecule has 0 bridgehead atoms. The predicted octanol–water partition coefficient (Wildman–Crippen LogP) is 4.43. The van der Waals surface area contributed by atoms with Crippen molar-refractivity contribution in [3.63, 3.8) is 0 Å². The standard InChI is InChI=1S/C13H13NOS3/c1-9-12(17-7-6-15-9)8-14-10-4-2-3-5-11(10)18-13(14)16/h2-5H,6-8H2,1H3. The van der Waals surface area contributed by atoms with Crippen LogP contribution in [-0.2, 0) is 11.3 Å². The topological polar surface area (TPSA) is 14.2 Å². The number of fused-ring (bicyclic) bond motifs is 1. The molecule has 0 saturated heterocycles. The molecule has 1 aromatic carbocycles. The predicted molar refractivity (Wildman–Crippen MR) is 81.8 cm³/mol. The normalized spacial score (nSPS) is 16.1. The minimum Gasteiger partial charge on any atom is -0.496 e. The minimum absolute atomic E-state index is 0.815. The van der Waals surface area contributed by atoms with Gasteiger partial charge in [0.1, 0.15) is 5.76 Å². The van der Waals surface area contributed by atoms with E-state index in [2.05, 4.69) is 28.8 Å². The Morgan fingerprint density at radius 3 is 3.06 bits per heavy atom. The highest BCUT2D eigenvalue weighted by atomic mass is 32.2. The molecule has 1 aliphatic rings. The Morgan fingerprint density at radius 1 is 1.39 bits per heavy atom. The fraction of sp³-hybridized carbons (Fsp3) is 0.308. The van der Waals surface area contributed by atoms with Crippen LogP contribution < -0.4 is 0 Å². The van der Waals surface area contributed by atoms with Gasteiger partial charge in [0, 0.05) is 10.7 Å². The molecular weight excluding hydrogens is 282 g/mol. The Labute approximate surface area is 119 Å². The van der Waals surface area contributed by atoms with Crippen molar-refractivity contribution in [3.05, 3.63) is 38.9 Å². The van der Waals surface area contributed by atoms with Crippen molar-refractivity contribution in [1.82, 2.24) is 4.57 Å². The fourth-order valence-electron chi connectivity index (χ4n) is 2.01. The molecule has 0 saturated carbocycles. The van der Waals surface area contributed by atoms with Crippen molar-refractivity contribution >= 4 is 45.5 Å². The van der Waals surface area contributed by atoms with Crippen LogP contribution in [0, 0.1) is 3.95 Å². The van der Waals surface area contributed by atoms with Crippen LogP contribution in [-0.4, -0.2) is 16.9 Å². The molecule has 5 heteroatoms. The van der Waals surface area contributed by atoms with Gasteiger partial charge in [-0.1, -0.05) is 12.1 Å². The van der Waals surface area contributed by atoms with Gasteiger partial charge in [0.25, 0.3) is 0 Å². The summed E-state index contributed by atoms with van der Waals surface area (Å²) in [7, 11) is 0. The summed E-state index contributed by atoms with van der Waals surface area (Å²) >= 11 is 9.02. The van der Waals surface area contributed by atoms with E-state index in [9.17, 15) is 0 Å². The summed E-state index contributed by atoms with van der Waals surface area (Å²) in [6.07, 6.45) is 0. The summed E-state index contributed by atoms with van der Waals surface area (Å²) < 4.78 is 10.00. The number of ether oxygens (including phenoxy) is 1. The van der Waals surface area contributed by atoms with Crippen LogP contribution >= 0.6 is 35.3 Å². The highest BCUT2D eigenvalue weighted by molar-refractivity contribution is 8.03. The molecule has 1 aromatic heterocycles. The summed E-state index contributed by atoms with van der Waals surface area (Å²) in [4.78, 5) is 1.29. The van der Waals surface area contributed by atoms with Crippen molar-refractivity contribution < 1.29 is 4.74 Å². The van der Waals surface area contributed by atoms with Crippen LogP contribution in [0.4, 0.5) is 0 Å². The fourth-order valence-corrected chi connectivity index (χ4v) is 4.22. The highest BCUT2D eigenvalue weighted by Gasteiger charge is 2.13. The quantitative estimate of drug-likeness (QED) is 0.762. The number of hydrogen-bond donors (Lipinski definition) is 0. The number of allylic oxidation sites excluding steroid dienone is 2. The van der Waals surface area contributed by atoms with Crippen molar-refractivity contribution in [2.24, 2.45) is 0 Å². The maximum absolute atomic E-state index is 5.61. The SMILES string of the molecule is CC1=C(Cn2c(=S)sc3ccccc32)SCCO1. The number of hydrogen-bond acceptors (Lipinski definition) is 4. The molecule has 18 heavy (non-hydrogen) atoms. The number of rotatable bonds is 2. The van der Waals surface area contributed by atoms with Crippen LogP contribution in [0.15, 0.2) is 34.9 Å². The third kappa shape index (κ3) is 2.22. The molecule has 0 unspecified atom stereocenters. The van der Waals surface area contributed by atoms with Gasteiger partial charge in [-0.05, 0) is 31.3 Å². The van der Waals surface area contributed by atoms with Gasteiger partial charge in [-0.2, -0.15) is 0 Å². The highest BCUT2D eigenvalue weighted by Crippen LogP contribution is 2.30. The molecule has 0 radical (unpaired) electrons. The van der Waals surface area contributed by atoms with Crippen LogP contribution in [0.1, 0.15) is 6.92 Å². The number of para-hydroxylation sites is 1. The third-order valence-corrected chi connectivity index (χ3v) is 5.51. The first kappa shape index (κ1) is 12.3. The van der Waals surface area contributed by atoms with E-state index in [-0.39, 0.29) is 0 Å². The second kappa shape index (κ2) is 5.07. The summed E-state index contributed by atoms with van der Waals surface area (Å²) in [6.45, 7) is 3.69. The van der Waals surface area contributed by atoms with Gasteiger partial charge in [-0.15, -0.1) is 23.1 Å². The lowest BCUT2D eigenvalue weighted by Gasteiger charge is -2.19. The molecule has 1 aliphatic heterocycles. The van der Waals surface area contributed by atoms with Crippen LogP contribution in [0.5, 0.6) is 0 Å². The van der Waals surface area contributed by atoms with Crippen LogP contribution in [0.25, 0.3) is 10.2 Å². The molecule has 2 aromatic rings. The molecular formula is C13H13NOS3. The van der Waals surface area contributed by atoms with Crippen molar-refractivity contribution in [1.29, 1.82) is 0 Å². The molecule has 0 spiro atoms. The second-order valence-corrected chi connectivity index (χ2v) is 6.96. The van der Waals surface area contributed by atoms with E-state index in [0.29, 0.717) is 0 Å². The minimum atomic E-state index is 0.815. The van der Waals surface area contributed by atoms with Crippen molar-refractivity contribution in [2.75, 3.05) is 12.4 Å². The third-order valence-electron chi connectivity index (χ3n) is 2.95. The first-order valence-electron chi connectivity index (χ1n) is 5.79. The molecule has 2 heterocycles. The van der Waals surface area contributed by atoms with Gasteiger partial charge in [0.05, 0.1) is 23.4 Å². The number of aromatic nitrogens is 1. The summed E-state index contributed by atoms with van der Waals surface area (Å²) in [5.74, 6) is 2.07. The smallest absolute Gasteiger partial charge is 0.162 e. The lowest BCUT2D eigenvalue weighted by molar-refractivity contribution is 0.228. The summed E-state index contributed by atoms with van der Waals surface area (Å²) in [6, 6.07) is 8.37. The van der Waals surface area contributed by atoms with E-state index in [1.807, 2.05) is 18.7 Å². The van der Waals surface area contributed by atoms with E-state index in [0.717, 1.165) is 28.6 Å². The number of thiazole rings is 1. The molecule has 0 N–H and O–H groups in total. The van der Waals surface area contributed by atoms with Crippen LogP contribution in [0.3, 0.4) is 0 Å². The van der Waals surface area contributed by atoms with E-state index in [1.54, 1.807) is 11.3 Å². The lowest BCUT2D eigenvalue weighted by atomic mass is 10.3. The summed E-state index contributed by atoms with van der Waals surface area (Å²) in [5.41, 5.74) is 1.22. The van der Waals surface area contributed by atoms with E-state index in [1.165, 1.54) is 15.1 Å². The van der Waals surface area contributed by atoms with E-state index < -0.39 is 0 Å². The zero-order chi connectivity index (χ0) is 12.5. The van der Waals surface area contributed by atoms with Crippen molar-refractivity contribution in [2.45, 2.75) is 13.5 Å². The van der Waals surface area contributed by atoms with Crippen molar-refractivity contribution in [3.8, 4) is 0 Å². The maximum atomic E-state index is 5.61. The molecule has 0 aliphatic carbocycles. The average Bonchev–Trinajstić information content (AvgIpc) is 2.69. The Bertz CT molecular complexity index is 668. The Balaban J connectivity index is 2.05. The zero-order valence-corrected chi connectivity index (χ0v) is 12.5. The van der Waals surface area contributed by atoms with Gasteiger partial charge in [-0.25, -0.2) is 0 Å². The van der Waals surface area contributed by atoms with Gasteiger partial charge in [-0.3, -0.25) is 0 Å². The molecule has 0 amide bonds. The van der Waals surface area contributed by atoms with Gasteiger partial charge in [0.2, 0.25) is 0 Å². The maximum Gasteiger partial charge on any atom is 0.162 e. The van der Waals surface area contributed by atoms with Gasteiger partial charge in [0.15, 0.2) is 3.95 Å². The molecule has 94 valence electrons. The number of benzene rings is 1. The van der Waals surface area contributed by atoms with Gasteiger partial charge >= 0.3 is 0 Å². The van der Waals surface area contributed by atoms with E-state index >= 15 is 0 Å². The average molecular weight is 295 g/mol. The monoisotopic (exact) mass is 295 g/mol. The Kier molecular flexibility index (Phi) is 3.46. The van der Waals surface area contributed by atoms with Gasteiger partial charge < -0.3 is 9.30 Å². The first-order valence-corrected chi connectivity index (χ1v) is 8.00. The molecule has 0 fully saturated rings. The zero-order valence-electron chi connectivity index (χ0n) is 10.0.